The molecule has 0 saturated heterocycles. The Bertz CT molecular complexity index is 1090. The highest BCUT2D eigenvalue weighted by Crippen LogP contribution is 2.17. The Balaban J connectivity index is 2.09. The quantitative estimate of drug-likeness (QED) is 0.321. The molecule has 10 heteroatoms. The molecule has 0 aliphatic carbocycles. The second kappa shape index (κ2) is 15.3. The van der Waals surface area contributed by atoms with Crippen molar-refractivity contribution in [1.82, 2.24) is 14.9 Å². The molecule has 204 valence electrons. The minimum atomic E-state index is -3.53. The summed E-state index contributed by atoms with van der Waals surface area (Å²) in [5.41, 5.74) is 1.71. The van der Waals surface area contributed by atoms with Gasteiger partial charge in [0.1, 0.15) is 11.8 Å². The van der Waals surface area contributed by atoms with Crippen LogP contribution in [0.3, 0.4) is 0 Å². The maximum absolute atomic E-state index is 13.3. The molecule has 2 N–H and O–H groups in total. The Morgan fingerprint density at radius 1 is 1.00 bits per heavy atom. The molecule has 0 spiro atoms. The number of sulfonamides is 1. The molecule has 0 bridgehead atoms. The molecular formula is C27H39N3O6S. The Kier molecular flexibility index (Phi) is 12.5. The van der Waals surface area contributed by atoms with Crippen molar-refractivity contribution in [2.75, 3.05) is 33.4 Å². The molecule has 0 aromatic heterocycles. The van der Waals surface area contributed by atoms with E-state index in [0.717, 1.165) is 11.1 Å². The number of aryl methyl sites for hydroxylation is 1. The third-order valence-electron chi connectivity index (χ3n) is 5.84. The number of carbonyl (C=O) groups excluding carboxylic acids is 2. The van der Waals surface area contributed by atoms with E-state index in [9.17, 15) is 18.0 Å². The van der Waals surface area contributed by atoms with E-state index < -0.39 is 16.1 Å². The highest BCUT2D eigenvalue weighted by molar-refractivity contribution is 7.89. The summed E-state index contributed by atoms with van der Waals surface area (Å²) >= 11 is 0. The summed E-state index contributed by atoms with van der Waals surface area (Å²) < 4.78 is 37.3. The van der Waals surface area contributed by atoms with Gasteiger partial charge in [-0.1, -0.05) is 31.2 Å². The topological polar surface area (TPSA) is 114 Å². The van der Waals surface area contributed by atoms with Crippen LogP contribution in [0.1, 0.15) is 44.7 Å². The molecule has 0 heterocycles. The fraction of sp³-hybridized carbons (Fsp3) is 0.481. The molecule has 0 aliphatic heterocycles. The second-order valence-corrected chi connectivity index (χ2v) is 10.3. The summed E-state index contributed by atoms with van der Waals surface area (Å²) in [4.78, 5) is 27.9. The first-order chi connectivity index (χ1) is 17.7. The first-order valence-electron chi connectivity index (χ1n) is 12.6. The molecule has 0 unspecified atom stereocenters. The van der Waals surface area contributed by atoms with E-state index in [-0.39, 0.29) is 29.7 Å². The van der Waals surface area contributed by atoms with E-state index >= 15 is 0 Å². The second-order valence-electron chi connectivity index (χ2n) is 8.53. The number of hydrogen-bond donors (Lipinski definition) is 2. The maximum Gasteiger partial charge on any atom is 0.242 e. The lowest BCUT2D eigenvalue weighted by Crippen LogP contribution is -2.48. The number of carbonyl (C=O) groups is 2. The van der Waals surface area contributed by atoms with Crippen LogP contribution >= 0.6 is 0 Å². The van der Waals surface area contributed by atoms with Crippen molar-refractivity contribution < 1.29 is 27.5 Å². The standard InChI is InChI=1S/C27H39N3O6S/c1-5-29-37(33,34)25-15-10-22(11-16-25)12-17-26(31)30(20-23-8-13-24(35-4)14-9-23)21(3)27(32)28-18-7-19-36-6-2/h8-11,13-16,21,29H,5-7,12,17-20H2,1-4H3,(H,28,32)/t21-/m0/s1. The monoisotopic (exact) mass is 533 g/mol. The zero-order valence-corrected chi connectivity index (χ0v) is 23.0. The first kappa shape index (κ1) is 30.3. The Hall–Kier alpha value is -2.95. The van der Waals surface area contributed by atoms with Gasteiger partial charge in [-0.3, -0.25) is 9.59 Å². The van der Waals surface area contributed by atoms with E-state index in [1.807, 2.05) is 31.2 Å². The van der Waals surface area contributed by atoms with Crippen LogP contribution in [0.4, 0.5) is 0 Å². The van der Waals surface area contributed by atoms with Gasteiger partial charge in [0.15, 0.2) is 0 Å². The number of methoxy groups -OCH3 is 1. The number of rotatable bonds is 16. The lowest BCUT2D eigenvalue weighted by atomic mass is 10.1. The number of ether oxygens (including phenoxy) is 2. The zero-order valence-electron chi connectivity index (χ0n) is 22.2. The van der Waals surface area contributed by atoms with E-state index in [2.05, 4.69) is 10.0 Å². The minimum absolute atomic E-state index is 0.169. The Morgan fingerprint density at radius 2 is 1.65 bits per heavy atom. The summed E-state index contributed by atoms with van der Waals surface area (Å²) in [6.45, 7) is 7.60. The van der Waals surface area contributed by atoms with Gasteiger partial charge in [0, 0.05) is 39.3 Å². The fourth-order valence-electron chi connectivity index (χ4n) is 3.69. The predicted octanol–water partition coefficient (Wildman–Crippen LogP) is 2.89. The Morgan fingerprint density at radius 3 is 2.24 bits per heavy atom. The van der Waals surface area contributed by atoms with Crippen LogP contribution in [0.2, 0.25) is 0 Å². The summed E-state index contributed by atoms with van der Waals surface area (Å²) in [5, 5.41) is 2.89. The van der Waals surface area contributed by atoms with Crippen molar-refractivity contribution in [3.8, 4) is 5.75 Å². The molecule has 0 radical (unpaired) electrons. The normalized spacial score (nSPS) is 12.1. The fourth-order valence-corrected chi connectivity index (χ4v) is 4.73. The minimum Gasteiger partial charge on any atom is -0.497 e. The first-order valence-corrected chi connectivity index (χ1v) is 14.1. The van der Waals surface area contributed by atoms with E-state index in [4.69, 9.17) is 9.47 Å². The largest absolute Gasteiger partial charge is 0.497 e. The van der Waals surface area contributed by atoms with E-state index in [1.54, 1.807) is 38.0 Å². The molecule has 2 amide bonds. The van der Waals surface area contributed by atoms with Gasteiger partial charge in [0.25, 0.3) is 0 Å². The van der Waals surface area contributed by atoms with Crippen molar-refractivity contribution in [2.24, 2.45) is 0 Å². The molecule has 37 heavy (non-hydrogen) atoms. The van der Waals surface area contributed by atoms with Crippen LogP contribution in [0.15, 0.2) is 53.4 Å². The maximum atomic E-state index is 13.3. The van der Waals surface area contributed by atoms with Crippen molar-refractivity contribution in [2.45, 2.75) is 57.5 Å². The van der Waals surface area contributed by atoms with Gasteiger partial charge in [-0.25, -0.2) is 13.1 Å². The van der Waals surface area contributed by atoms with Crippen LogP contribution in [0.5, 0.6) is 5.75 Å². The van der Waals surface area contributed by atoms with Crippen molar-refractivity contribution in [3.05, 3.63) is 59.7 Å². The molecule has 2 rings (SSSR count). The predicted molar refractivity (Wildman–Crippen MR) is 143 cm³/mol. The summed E-state index contributed by atoms with van der Waals surface area (Å²) in [6.07, 6.45) is 1.29. The van der Waals surface area contributed by atoms with Crippen LogP contribution in [0.25, 0.3) is 0 Å². The lowest BCUT2D eigenvalue weighted by molar-refractivity contribution is -0.140. The van der Waals surface area contributed by atoms with Crippen LogP contribution in [0, 0.1) is 0 Å². The summed E-state index contributed by atoms with van der Waals surface area (Å²) in [6, 6.07) is 13.2. The summed E-state index contributed by atoms with van der Waals surface area (Å²) in [5.74, 6) is 0.315. The van der Waals surface area contributed by atoms with Gasteiger partial charge >= 0.3 is 0 Å². The molecule has 2 aromatic carbocycles. The average molecular weight is 534 g/mol. The molecule has 1 atom stereocenters. The number of nitrogens with zero attached hydrogens (tertiary/aromatic N) is 1. The average Bonchev–Trinajstić information content (AvgIpc) is 2.90. The van der Waals surface area contributed by atoms with Crippen molar-refractivity contribution >= 4 is 21.8 Å². The molecular weight excluding hydrogens is 494 g/mol. The molecule has 0 aliphatic rings. The van der Waals surface area contributed by atoms with Crippen molar-refractivity contribution in [3.63, 3.8) is 0 Å². The highest BCUT2D eigenvalue weighted by Gasteiger charge is 2.26. The molecule has 0 fully saturated rings. The zero-order chi connectivity index (χ0) is 27.3. The number of benzene rings is 2. The highest BCUT2D eigenvalue weighted by atomic mass is 32.2. The lowest BCUT2D eigenvalue weighted by Gasteiger charge is -2.29. The third kappa shape index (κ3) is 9.79. The van der Waals surface area contributed by atoms with Gasteiger partial charge in [-0.15, -0.1) is 0 Å². The van der Waals surface area contributed by atoms with Gasteiger partial charge in [0.2, 0.25) is 21.8 Å². The van der Waals surface area contributed by atoms with Crippen LogP contribution in [-0.2, 0) is 37.3 Å². The Labute approximate surface area is 220 Å². The van der Waals surface area contributed by atoms with Gasteiger partial charge < -0.3 is 19.7 Å². The third-order valence-corrected chi connectivity index (χ3v) is 7.41. The number of nitrogens with one attached hydrogen (secondary N) is 2. The molecule has 0 saturated carbocycles. The summed E-state index contributed by atoms with van der Waals surface area (Å²) in [7, 11) is -1.94. The van der Waals surface area contributed by atoms with Crippen LogP contribution < -0.4 is 14.8 Å². The SMILES string of the molecule is CCNS(=O)(=O)c1ccc(CCC(=O)N(Cc2ccc(OC)cc2)[C@@H](C)C(=O)NCCCOCC)cc1. The van der Waals surface area contributed by atoms with Crippen molar-refractivity contribution in [1.29, 1.82) is 0 Å². The van der Waals surface area contributed by atoms with E-state index in [0.29, 0.717) is 44.9 Å². The number of amides is 2. The smallest absolute Gasteiger partial charge is 0.242 e. The van der Waals surface area contributed by atoms with E-state index in [1.165, 1.54) is 12.1 Å². The van der Waals surface area contributed by atoms with Gasteiger partial charge in [0.05, 0.1) is 12.0 Å². The molecule has 2 aromatic rings. The molecule has 9 nitrogen and oxygen atoms in total. The van der Waals surface area contributed by atoms with Gasteiger partial charge in [-0.05, 0) is 62.1 Å². The number of hydrogen-bond acceptors (Lipinski definition) is 6. The van der Waals surface area contributed by atoms with Crippen LogP contribution in [-0.4, -0.2) is 64.6 Å². The van der Waals surface area contributed by atoms with Gasteiger partial charge in [-0.2, -0.15) is 0 Å².